The number of rotatable bonds is 2. The van der Waals surface area contributed by atoms with Gasteiger partial charge in [0.2, 0.25) is 5.91 Å². The van der Waals surface area contributed by atoms with Crippen LogP contribution in [0.15, 0.2) is 24.3 Å². The van der Waals surface area contributed by atoms with Crippen molar-refractivity contribution in [2.75, 3.05) is 11.9 Å². The van der Waals surface area contributed by atoms with Crippen LogP contribution in [0.25, 0.3) is 0 Å². The van der Waals surface area contributed by atoms with Crippen molar-refractivity contribution in [3.8, 4) is 0 Å². The van der Waals surface area contributed by atoms with Gasteiger partial charge in [-0.3, -0.25) is 10.2 Å². The van der Waals surface area contributed by atoms with Crippen LogP contribution in [0, 0.1) is 18.7 Å². The van der Waals surface area contributed by atoms with Crippen molar-refractivity contribution in [1.82, 2.24) is 15.2 Å². The predicted octanol–water partition coefficient (Wildman–Crippen LogP) is 2.48. The molecule has 0 radical (unpaired) electrons. The van der Waals surface area contributed by atoms with Gasteiger partial charge in [-0.1, -0.05) is 12.1 Å². The zero-order valence-electron chi connectivity index (χ0n) is 12.6. The second-order valence-corrected chi connectivity index (χ2v) is 6.86. The molecule has 3 N–H and O–H groups in total. The molecular weight excluding hydrogens is 315 g/mol. The molecule has 5 nitrogen and oxygen atoms in total. The fourth-order valence-electron chi connectivity index (χ4n) is 3.67. The number of anilines is 1. The highest BCUT2D eigenvalue weighted by Gasteiger charge is 2.41. The van der Waals surface area contributed by atoms with Gasteiger partial charge in [0.25, 0.3) is 0 Å². The fraction of sp³-hybridized carbons (Fsp3) is 0.375. The Hall–Kier alpha value is -1.83. The highest BCUT2D eigenvalue weighted by molar-refractivity contribution is 7.10. The molecule has 2 aliphatic rings. The Morgan fingerprint density at radius 3 is 3.09 bits per heavy atom. The molecule has 23 heavy (non-hydrogen) atoms. The van der Waals surface area contributed by atoms with Gasteiger partial charge in [-0.2, -0.15) is 4.37 Å². The lowest BCUT2D eigenvalue weighted by atomic mass is 9.77. The van der Waals surface area contributed by atoms with Gasteiger partial charge in [0.05, 0.1) is 11.7 Å². The highest BCUT2D eigenvalue weighted by atomic mass is 32.1. The summed E-state index contributed by atoms with van der Waals surface area (Å²) >= 11 is 1.34. The van der Waals surface area contributed by atoms with Crippen LogP contribution in [-0.4, -0.2) is 16.8 Å². The number of amides is 1. The first-order valence-corrected chi connectivity index (χ1v) is 8.40. The van der Waals surface area contributed by atoms with Crippen molar-refractivity contribution in [3.05, 3.63) is 46.9 Å². The van der Waals surface area contributed by atoms with Gasteiger partial charge in [0.1, 0.15) is 10.8 Å². The van der Waals surface area contributed by atoms with Crippen LogP contribution in [0.1, 0.15) is 35.2 Å². The van der Waals surface area contributed by atoms with Crippen LogP contribution in [0.3, 0.4) is 0 Å². The van der Waals surface area contributed by atoms with Gasteiger partial charge in [-0.05, 0) is 36.2 Å². The third kappa shape index (κ3) is 2.54. The van der Waals surface area contributed by atoms with Crippen LogP contribution < -0.4 is 16.2 Å². The van der Waals surface area contributed by atoms with E-state index >= 15 is 0 Å². The Bertz CT molecular complexity index is 762. The van der Waals surface area contributed by atoms with Crippen molar-refractivity contribution < 1.29 is 9.18 Å². The molecule has 3 heterocycles. The Kier molecular flexibility index (Phi) is 3.63. The average molecular weight is 332 g/mol. The first-order valence-electron chi connectivity index (χ1n) is 7.63. The lowest BCUT2D eigenvalue weighted by molar-refractivity contribution is -0.117. The molecule has 3 atom stereocenters. The maximum absolute atomic E-state index is 13.6. The monoisotopic (exact) mass is 332 g/mol. The molecule has 1 amide bonds. The number of hydrazine groups is 1. The normalized spacial score (nSPS) is 26.9. The lowest BCUT2D eigenvalue weighted by Crippen LogP contribution is -2.30. The largest absolute Gasteiger partial charge is 0.316 e. The quantitative estimate of drug-likeness (QED) is 0.790. The summed E-state index contributed by atoms with van der Waals surface area (Å²) in [5.74, 6) is 0.0198. The lowest BCUT2D eigenvalue weighted by Gasteiger charge is -2.31. The Morgan fingerprint density at radius 1 is 1.39 bits per heavy atom. The Morgan fingerprint density at radius 2 is 2.26 bits per heavy atom. The summed E-state index contributed by atoms with van der Waals surface area (Å²) in [4.78, 5) is 12.1. The zero-order valence-corrected chi connectivity index (χ0v) is 13.4. The number of nitrogens with one attached hydrogen (secondary N) is 3. The minimum atomic E-state index is -0.245. The van der Waals surface area contributed by atoms with Gasteiger partial charge < -0.3 is 5.32 Å². The van der Waals surface area contributed by atoms with Crippen molar-refractivity contribution in [2.24, 2.45) is 5.92 Å². The van der Waals surface area contributed by atoms with Gasteiger partial charge in [-0.15, -0.1) is 0 Å². The Labute approximate surface area is 137 Å². The standard InChI is InChI=1S/C16H17FN4OS/c1-8-14-11(6-13(22)19-16(14)23-21-8)12-7-18-20-15(12)9-3-2-4-10(17)5-9/h2-5,11-12,15,18,20H,6-7H2,1H3,(H,19,22). The molecule has 4 rings (SSSR count). The maximum Gasteiger partial charge on any atom is 0.225 e. The molecule has 1 aromatic heterocycles. The van der Waals surface area contributed by atoms with Crippen molar-refractivity contribution in [1.29, 1.82) is 0 Å². The van der Waals surface area contributed by atoms with E-state index in [1.165, 1.54) is 17.6 Å². The van der Waals surface area contributed by atoms with E-state index in [1.54, 1.807) is 12.1 Å². The molecule has 120 valence electrons. The molecule has 1 fully saturated rings. The van der Waals surface area contributed by atoms with Crippen molar-refractivity contribution >= 4 is 22.4 Å². The SMILES string of the molecule is Cc1nsc2c1C(C1CNNC1c1cccc(F)c1)CC(=O)N2. The summed E-state index contributed by atoms with van der Waals surface area (Å²) in [6.07, 6.45) is 0.437. The summed E-state index contributed by atoms with van der Waals surface area (Å²) < 4.78 is 18.0. The van der Waals surface area contributed by atoms with Crippen molar-refractivity contribution in [3.63, 3.8) is 0 Å². The number of aryl methyl sites for hydroxylation is 1. The van der Waals surface area contributed by atoms with Gasteiger partial charge >= 0.3 is 0 Å². The molecule has 1 saturated heterocycles. The predicted molar refractivity (Wildman–Crippen MR) is 86.6 cm³/mol. The van der Waals surface area contributed by atoms with Gasteiger partial charge in [-0.25, -0.2) is 9.82 Å². The number of hydrogen-bond acceptors (Lipinski definition) is 5. The zero-order chi connectivity index (χ0) is 16.0. The minimum absolute atomic E-state index is 0.0241. The second-order valence-electron chi connectivity index (χ2n) is 6.09. The van der Waals surface area contributed by atoms with Crippen LogP contribution >= 0.6 is 11.5 Å². The van der Waals surface area contributed by atoms with E-state index in [-0.39, 0.29) is 29.6 Å². The minimum Gasteiger partial charge on any atom is -0.316 e. The Balaban J connectivity index is 1.72. The van der Waals surface area contributed by atoms with Crippen LogP contribution in [0.5, 0.6) is 0 Å². The maximum atomic E-state index is 13.6. The van der Waals surface area contributed by atoms with Crippen LogP contribution in [-0.2, 0) is 4.79 Å². The number of carbonyl (C=O) groups excluding carboxylic acids is 1. The molecule has 0 spiro atoms. The van der Waals surface area contributed by atoms with E-state index < -0.39 is 0 Å². The summed E-state index contributed by atoms with van der Waals surface area (Å²) in [5.41, 5.74) is 9.41. The number of hydrogen-bond donors (Lipinski definition) is 3. The van der Waals surface area contributed by atoms with E-state index in [4.69, 9.17) is 0 Å². The summed E-state index contributed by atoms with van der Waals surface area (Å²) in [5, 5.41) is 3.77. The van der Waals surface area contributed by atoms with Gasteiger partial charge in [0, 0.05) is 30.4 Å². The summed E-state index contributed by atoms with van der Waals surface area (Å²) in [7, 11) is 0. The molecule has 1 aromatic carbocycles. The molecule has 0 bridgehead atoms. The molecule has 2 aliphatic heterocycles. The number of halogens is 1. The first kappa shape index (κ1) is 14.7. The molecule has 0 saturated carbocycles. The smallest absolute Gasteiger partial charge is 0.225 e. The van der Waals surface area contributed by atoms with E-state index in [0.717, 1.165) is 28.4 Å². The number of nitrogens with zero attached hydrogens (tertiary/aromatic N) is 1. The van der Waals surface area contributed by atoms with E-state index in [0.29, 0.717) is 6.42 Å². The summed E-state index contributed by atoms with van der Waals surface area (Å²) in [6.45, 7) is 2.71. The third-order valence-electron chi connectivity index (χ3n) is 4.69. The number of fused-ring (bicyclic) bond motifs is 1. The van der Waals surface area contributed by atoms with E-state index in [9.17, 15) is 9.18 Å². The third-order valence-corrected chi connectivity index (χ3v) is 5.56. The molecular formula is C16H17FN4OS. The molecule has 3 unspecified atom stereocenters. The fourth-order valence-corrected chi connectivity index (χ4v) is 4.55. The van der Waals surface area contributed by atoms with Crippen LogP contribution in [0.4, 0.5) is 9.39 Å². The molecule has 0 aliphatic carbocycles. The van der Waals surface area contributed by atoms with Crippen LogP contribution in [0.2, 0.25) is 0 Å². The molecule has 2 aromatic rings. The highest BCUT2D eigenvalue weighted by Crippen LogP contribution is 2.46. The van der Waals surface area contributed by atoms with Crippen molar-refractivity contribution in [2.45, 2.75) is 25.3 Å². The topological polar surface area (TPSA) is 66.0 Å². The number of aromatic nitrogens is 1. The first-order chi connectivity index (χ1) is 11.1. The summed E-state index contributed by atoms with van der Waals surface area (Å²) in [6, 6.07) is 6.61. The van der Waals surface area contributed by atoms with Gasteiger partial charge in [0.15, 0.2) is 0 Å². The van der Waals surface area contributed by atoms with E-state index in [2.05, 4.69) is 20.5 Å². The number of benzene rings is 1. The van der Waals surface area contributed by atoms with E-state index in [1.807, 2.05) is 13.0 Å². The second kappa shape index (κ2) is 5.67. The average Bonchev–Trinajstić information content (AvgIpc) is 3.14. The number of carbonyl (C=O) groups is 1. The molecule has 7 heteroatoms.